The van der Waals surface area contributed by atoms with E-state index < -0.39 is 8.24 Å². The van der Waals surface area contributed by atoms with Crippen LogP contribution in [0, 0.1) is 0 Å². The third-order valence-electron chi connectivity index (χ3n) is 5.07. The third-order valence-corrected chi connectivity index (χ3v) is 8.49. The number of rotatable bonds is 3. The second-order valence-electron chi connectivity index (χ2n) is 8.76. The molecule has 0 bridgehead atoms. The fourth-order valence-electron chi connectivity index (χ4n) is 4.39. The van der Waals surface area contributed by atoms with E-state index in [0.29, 0.717) is 5.54 Å². The van der Waals surface area contributed by atoms with Gasteiger partial charge in [0.15, 0.2) is 0 Å². The van der Waals surface area contributed by atoms with Gasteiger partial charge in [-0.25, -0.2) is 0 Å². The Bertz CT molecular complexity index is 592. The number of fused-ring (bicyclic) bond motifs is 1. The van der Waals surface area contributed by atoms with Crippen molar-refractivity contribution in [3.63, 3.8) is 0 Å². The lowest BCUT2D eigenvalue weighted by Crippen LogP contribution is -2.57. The molecule has 0 spiro atoms. The summed E-state index contributed by atoms with van der Waals surface area (Å²) < 4.78 is 0. The maximum Gasteiger partial charge on any atom is 0.131 e. The maximum absolute atomic E-state index is 3.98. The van der Waals surface area contributed by atoms with Crippen molar-refractivity contribution in [3.8, 4) is 0 Å². The van der Waals surface area contributed by atoms with Gasteiger partial charge in [-0.1, -0.05) is 43.4 Å². The minimum absolute atomic E-state index is 0.173. The van der Waals surface area contributed by atoms with Crippen LogP contribution in [0.1, 0.15) is 56.7 Å². The molecule has 1 aliphatic carbocycles. The predicted octanol–water partition coefficient (Wildman–Crippen LogP) is 4.74. The first-order chi connectivity index (χ1) is 10.8. The second kappa shape index (κ2) is 6.10. The number of allylic oxidation sites excluding steroid dienone is 1. The van der Waals surface area contributed by atoms with E-state index >= 15 is 0 Å². The Morgan fingerprint density at radius 1 is 1.04 bits per heavy atom. The average Bonchev–Trinajstić information content (AvgIpc) is 2.86. The first-order valence-corrected chi connectivity index (χ1v) is 12.2. The zero-order chi connectivity index (χ0) is 16.7. The molecule has 3 heteroatoms. The third kappa shape index (κ3) is 3.56. The van der Waals surface area contributed by atoms with Gasteiger partial charge in [-0.3, -0.25) is 0 Å². The highest BCUT2D eigenvalue weighted by Crippen LogP contribution is 2.42. The van der Waals surface area contributed by atoms with Gasteiger partial charge in [0, 0.05) is 35.4 Å². The van der Waals surface area contributed by atoms with Gasteiger partial charge in [0.05, 0.1) is 0 Å². The molecule has 1 saturated heterocycles. The first-order valence-electron chi connectivity index (χ1n) is 9.13. The van der Waals surface area contributed by atoms with Gasteiger partial charge in [-0.15, -0.1) is 0 Å². The number of hydrogen-bond acceptors (Lipinski definition) is 2. The Hall–Kier alpha value is -1.06. The fourth-order valence-corrected chi connectivity index (χ4v) is 8.08. The second-order valence-corrected chi connectivity index (χ2v) is 13.1. The van der Waals surface area contributed by atoms with E-state index in [2.05, 4.69) is 74.1 Å². The van der Waals surface area contributed by atoms with Crippen molar-refractivity contribution in [2.45, 2.75) is 64.2 Å². The molecule has 3 rings (SSSR count). The lowest BCUT2D eigenvalue weighted by Gasteiger charge is -2.37. The maximum atomic E-state index is 3.98. The van der Waals surface area contributed by atoms with Crippen LogP contribution in [0.25, 0.3) is 5.70 Å². The minimum atomic E-state index is -1.62. The van der Waals surface area contributed by atoms with Crippen molar-refractivity contribution in [3.05, 3.63) is 41.5 Å². The molecule has 1 heterocycles. The fraction of sp³-hybridized carbons (Fsp3) is 0.600. The predicted molar refractivity (Wildman–Crippen MR) is 103 cm³/mol. The van der Waals surface area contributed by atoms with Crippen molar-refractivity contribution < 1.29 is 0 Å². The standard InChI is InChI=1S/C20H32N2Si/c1-20(2,3)21-23(4,5)19-15-18(22-13-9-6-10-14-22)16-11-7-8-12-17(16)19/h7-8,11-12,15,19,21H,6,9-10,13-14H2,1-5H3. The molecule has 23 heavy (non-hydrogen) atoms. The summed E-state index contributed by atoms with van der Waals surface area (Å²) in [6.07, 6.45) is 6.65. The Morgan fingerprint density at radius 2 is 1.70 bits per heavy atom. The normalized spacial score (nSPS) is 22.0. The van der Waals surface area contributed by atoms with Crippen LogP contribution in [0.2, 0.25) is 13.1 Å². The molecular weight excluding hydrogens is 296 g/mol. The zero-order valence-corrected chi connectivity index (χ0v) is 16.4. The Labute approximate surface area is 143 Å². The summed E-state index contributed by atoms with van der Waals surface area (Å²) in [6, 6.07) is 9.09. The molecule has 1 aromatic carbocycles. The van der Waals surface area contributed by atoms with Crippen LogP contribution >= 0.6 is 0 Å². The molecule has 0 saturated carbocycles. The topological polar surface area (TPSA) is 15.3 Å². The summed E-state index contributed by atoms with van der Waals surface area (Å²) in [5, 5.41) is 0. The summed E-state index contributed by atoms with van der Waals surface area (Å²) >= 11 is 0. The summed E-state index contributed by atoms with van der Waals surface area (Å²) in [5.41, 5.74) is 5.26. The molecule has 0 amide bonds. The van der Waals surface area contributed by atoms with E-state index in [1.54, 1.807) is 5.56 Å². The lowest BCUT2D eigenvalue weighted by atomic mass is 10.1. The van der Waals surface area contributed by atoms with Gasteiger partial charge < -0.3 is 9.88 Å². The molecule has 2 nitrogen and oxygen atoms in total. The number of nitrogens with zero attached hydrogens (tertiary/aromatic N) is 1. The number of benzene rings is 1. The van der Waals surface area contributed by atoms with Crippen molar-refractivity contribution in [1.82, 2.24) is 9.88 Å². The van der Waals surface area contributed by atoms with E-state index in [4.69, 9.17) is 0 Å². The van der Waals surface area contributed by atoms with Gasteiger partial charge >= 0.3 is 0 Å². The average molecular weight is 329 g/mol. The quantitative estimate of drug-likeness (QED) is 0.806. The van der Waals surface area contributed by atoms with E-state index in [1.165, 1.54) is 43.6 Å². The Kier molecular flexibility index (Phi) is 4.45. The lowest BCUT2D eigenvalue weighted by molar-refractivity contribution is 0.326. The highest BCUT2D eigenvalue weighted by Gasteiger charge is 2.40. The number of piperidine rings is 1. The smallest absolute Gasteiger partial charge is 0.131 e. The first kappa shape index (κ1) is 16.8. The molecule has 1 aliphatic heterocycles. The molecule has 1 fully saturated rings. The van der Waals surface area contributed by atoms with Crippen LogP contribution in [-0.4, -0.2) is 31.8 Å². The summed E-state index contributed by atoms with van der Waals surface area (Å²) in [4.78, 5) is 6.61. The molecule has 0 aromatic heterocycles. The monoisotopic (exact) mass is 328 g/mol. The molecule has 1 N–H and O–H groups in total. The van der Waals surface area contributed by atoms with Gasteiger partial charge in [-0.2, -0.15) is 0 Å². The number of likely N-dealkylation sites (tertiary alicyclic amines) is 1. The van der Waals surface area contributed by atoms with Crippen LogP contribution < -0.4 is 4.98 Å². The zero-order valence-electron chi connectivity index (χ0n) is 15.4. The number of nitrogens with one attached hydrogen (secondary N) is 1. The van der Waals surface area contributed by atoms with Gasteiger partial charge in [0.25, 0.3) is 0 Å². The van der Waals surface area contributed by atoms with Crippen LogP contribution in [0.4, 0.5) is 0 Å². The summed E-state index contributed by atoms with van der Waals surface area (Å²) in [6.45, 7) is 14.3. The Morgan fingerprint density at radius 3 is 2.35 bits per heavy atom. The van der Waals surface area contributed by atoms with Crippen molar-refractivity contribution in [1.29, 1.82) is 0 Å². The highest BCUT2D eigenvalue weighted by atomic mass is 28.3. The van der Waals surface area contributed by atoms with Crippen LogP contribution in [0.5, 0.6) is 0 Å². The molecule has 2 aliphatic rings. The van der Waals surface area contributed by atoms with Gasteiger partial charge in [0.2, 0.25) is 0 Å². The minimum Gasteiger partial charge on any atom is -0.371 e. The highest BCUT2D eigenvalue weighted by molar-refractivity contribution is 6.77. The molecule has 1 aromatic rings. The Balaban J connectivity index is 1.96. The largest absolute Gasteiger partial charge is 0.371 e. The van der Waals surface area contributed by atoms with Gasteiger partial charge in [-0.05, 0) is 45.6 Å². The SMILES string of the molecule is CC(C)(C)N[Si](C)(C)C1C=C(N2CCCCC2)c2ccccc21. The van der Waals surface area contributed by atoms with Crippen LogP contribution in [0.15, 0.2) is 30.3 Å². The molecular formula is C20H32N2Si. The van der Waals surface area contributed by atoms with Gasteiger partial charge in [0.1, 0.15) is 8.24 Å². The van der Waals surface area contributed by atoms with Crippen molar-refractivity contribution >= 4 is 13.9 Å². The van der Waals surface area contributed by atoms with Crippen LogP contribution in [-0.2, 0) is 0 Å². The van der Waals surface area contributed by atoms with E-state index in [1.807, 2.05) is 0 Å². The molecule has 126 valence electrons. The summed E-state index contributed by atoms with van der Waals surface area (Å²) in [5.74, 6) is 0. The van der Waals surface area contributed by atoms with E-state index in [-0.39, 0.29) is 5.54 Å². The summed E-state index contributed by atoms with van der Waals surface area (Å²) in [7, 11) is -1.62. The van der Waals surface area contributed by atoms with Crippen molar-refractivity contribution in [2.24, 2.45) is 0 Å². The molecule has 0 radical (unpaired) electrons. The van der Waals surface area contributed by atoms with E-state index in [9.17, 15) is 0 Å². The van der Waals surface area contributed by atoms with E-state index in [0.717, 1.165) is 0 Å². The van der Waals surface area contributed by atoms with Crippen LogP contribution in [0.3, 0.4) is 0 Å². The van der Waals surface area contributed by atoms with Crippen molar-refractivity contribution in [2.75, 3.05) is 13.1 Å². The molecule has 1 atom stereocenters. The number of hydrogen-bond donors (Lipinski definition) is 1. The molecule has 1 unspecified atom stereocenters.